The molecule has 2 unspecified atom stereocenters. The lowest BCUT2D eigenvalue weighted by molar-refractivity contribution is -0.138. The van der Waals surface area contributed by atoms with E-state index in [1.165, 1.54) is 0 Å². The molecular weight excluding hydrogens is 285 g/mol. The van der Waals surface area contributed by atoms with E-state index >= 15 is 0 Å². The number of anilines is 1. The second-order valence-electron chi connectivity index (χ2n) is 5.00. The van der Waals surface area contributed by atoms with Crippen LogP contribution in [0, 0.1) is 0 Å². The Kier molecular flexibility index (Phi) is 5.00. The Morgan fingerprint density at radius 3 is 2.57 bits per heavy atom. The Labute approximate surface area is 121 Å². The first-order valence-electron chi connectivity index (χ1n) is 6.89. The molecular formula is C13H19F3N4O. The quantitative estimate of drug-likeness (QED) is 0.917. The van der Waals surface area contributed by atoms with Crippen LogP contribution in [-0.4, -0.2) is 48.4 Å². The van der Waals surface area contributed by atoms with Gasteiger partial charge in [0.25, 0.3) is 0 Å². The van der Waals surface area contributed by atoms with Crippen molar-refractivity contribution in [2.45, 2.75) is 32.1 Å². The average molecular weight is 304 g/mol. The number of piperazine rings is 1. The van der Waals surface area contributed by atoms with Crippen LogP contribution in [0.5, 0.6) is 0 Å². The van der Waals surface area contributed by atoms with E-state index in [9.17, 15) is 13.2 Å². The minimum atomic E-state index is -4.42. The van der Waals surface area contributed by atoms with Crippen molar-refractivity contribution >= 4 is 5.95 Å². The van der Waals surface area contributed by atoms with Gasteiger partial charge >= 0.3 is 6.18 Å². The molecule has 0 aliphatic carbocycles. The highest BCUT2D eigenvalue weighted by Gasteiger charge is 2.33. The number of hydrogen-bond donors (Lipinski definition) is 1. The molecule has 1 aromatic heterocycles. The van der Waals surface area contributed by atoms with Crippen LogP contribution in [-0.2, 0) is 10.9 Å². The van der Waals surface area contributed by atoms with E-state index in [1.807, 2.05) is 18.7 Å². The monoisotopic (exact) mass is 304 g/mol. The maximum absolute atomic E-state index is 12.6. The van der Waals surface area contributed by atoms with Gasteiger partial charge in [0.15, 0.2) is 0 Å². The summed E-state index contributed by atoms with van der Waals surface area (Å²) in [7, 11) is 0. The third-order valence-corrected chi connectivity index (χ3v) is 3.40. The first kappa shape index (κ1) is 16.0. The molecule has 1 fully saturated rings. The van der Waals surface area contributed by atoms with E-state index in [0.29, 0.717) is 25.7 Å². The fourth-order valence-corrected chi connectivity index (χ4v) is 2.37. The summed E-state index contributed by atoms with van der Waals surface area (Å²) in [5.41, 5.74) is -0.838. The molecule has 2 heterocycles. The van der Waals surface area contributed by atoms with Crippen molar-refractivity contribution in [2.24, 2.45) is 0 Å². The second-order valence-corrected chi connectivity index (χ2v) is 5.00. The zero-order valence-electron chi connectivity index (χ0n) is 12.0. The largest absolute Gasteiger partial charge is 0.419 e. The Morgan fingerprint density at radius 1 is 1.33 bits per heavy atom. The summed E-state index contributed by atoms with van der Waals surface area (Å²) in [5, 5.41) is 3.27. The summed E-state index contributed by atoms with van der Waals surface area (Å²) in [6.45, 7) is 6.37. The molecule has 1 aliphatic heterocycles. The Bertz CT molecular complexity index is 452. The molecule has 0 spiro atoms. The van der Waals surface area contributed by atoms with Crippen LogP contribution >= 0.6 is 0 Å². The SMILES string of the molecule is CCOCC1CNCC(C)N1c1ncc(C(F)(F)F)cn1. The van der Waals surface area contributed by atoms with Crippen molar-refractivity contribution in [1.29, 1.82) is 0 Å². The number of alkyl halides is 3. The molecule has 0 saturated carbocycles. The smallest absolute Gasteiger partial charge is 0.380 e. The number of halogens is 3. The van der Waals surface area contributed by atoms with Gasteiger partial charge in [-0.05, 0) is 13.8 Å². The first-order valence-corrected chi connectivity index (χ1v) is 6.89. The predicted octanol–water partition coefficient (Wildman–Crippen LogP) is 1.70. The van der Waals surface area contributed by atoms with E-state index in [4.69, 9.17) is 4.74 Å². The Balaban J connectivity index is 2.19. The van der Waals surface area contributed by atoms with Gasteiger partial charge in [0.05, 0.1) is 18.2 Å². The van der Waals surface area contributed by atoms with Crippen LogP contribution in [0.2, 0.25) is 0 Å². The fraction of sp³-hybridized carbons (Fsp3) is 0.692. The van der Waals surface area contributed by atoms with Gasteiger partial charge in [-0.15, -0.1) is 0 Å². The highest BCUT2D eigenvalue weighted by Crippen LogP contribution is 2.29. The molecule has 1 saturated heterocycles. The molecule has 2 atom stereocenters. The molecule has 1 aromatic rings. The zero-order chi connectivity index (χ0) is 15.5. The third-order valence-electron chi connectivity index (χ3n) is 3.40. The minimum absolute atomic E-state index is 0.00503. The van der Waals surface area contributed by atoms with Gasteiger partial charge in [0.2, 0.25) is 5.95 Å². The van der Waals surface area contributed by atoms with Crippen molar-refractivity contribution in [2.75, 3.05) is 31.2 Å². The van der Waals surface area contributed by atoms with E-state index in [-0.39, 0.29) is 12.1 Å². The average Bonchev–Trinajstić information content (AvgIpc) is 2.44. The van der Waals surface area contributed by atoms with Crippen molar-refractivity contribution in [3.63, 3.8) is 0 Å². The van der Waals surface area contributed by atoms with Crippen molar-refractivity contribution in [1.82, 2.24) is 15.3 Å². The van der Waals surface area contributed by atoms with Gasteiger partial charge in [-0.3, -0.25) is 0 Å². The molecule has 0 amide bonds. The van der Waals surface area contributed by atoms with E-state index < -0.39 is 11.7 Å². The number of nitrogens with zero attached hydrogens (tertiary/aromatic N) is 3. The first-order chi connectivity index (χ1) is 9.93. The van der Waals surface area contributed by atoms with Crippen molar-refractivity contribution < 1.29 is 17.9 Å². The molecule has 2 rings (SSSR count). The standard InChI is InChI=1S/C13H19F3N4O/c1-3-21-8-11-7-17-4-9(2)20(11)12-18-5-10(6-19-12)13(14,15)16/h5-6,9,11,17H,3-4,7-8H2,1-2H3. The zero-order valence-corrected chi connectivity index (χ0v) is 12.0. The van der Waals surface area contributed by atoms with Crippen LogP contribution in [0.1, 0.15) is 19.4 Å². The maximum Gasteiger partial charge on any atom is 0.419 e. The van der Waals surface area contributed by atoms with E-state index in [2.05, 4.69) is 15.3 Å². The highest BCUT2D eigenvalue weighted by atomic mass is 19.4. The summed E-state index contributed by atoms with van der Waals surface area (Å²) >= 11 is 0. The number of ether oxygens (including phenoxy) is 1. The van der Waals surface area contributed by atoms with Gasteiger partial charge in [-0.25, -0.2) is 9.97 Å². The fourth-order valence-electron chi connectivity index (χ4n) is 2.37. The van der Waals surface area contributed by atoms with E-state index in [0.717, 1.165) is 18.9 Å². The van der Waals surface area contributed by atoms with Crippen LogP contribution in [0.3, 0.4) is 0 Å². The molecule has 8 heteroatoms. The molecule has 0 radical (unpaired) electrons. The van der Waals surface area contributed by atoms with E-state index in [1.54, 1.807) is 0 Å². The normalized spacial score (nSPS) is 23.4. The number of aromatic nitrogens is 2. The van der Waals surface area contributed by atoms with Crippen LogP contribution in [0.4, 0.5) is 19.1 Å². The molecule has 21 heavy (non-hydrogen) atoms. The Morgan fingerprint density at radius 2 is 2.00 bits per heavy atom. The lowest BCUT2D eigenvalue weighted by Crippen LogP contribution is -2.58. The van der Waals surface area contributed by atoms with Crippen molar-refractivity contribution in [3.8, 4) is 0 Å². The summed E-state index contributed by atoms with van der Waals surface area (Å²) in [6.07, 6.45) is -2.76. The number of nitrogens with one attached hydrogen (secondary N) is 1. The van der Waals surface area contributed by atoms with Gasteiger partial charge in [0, 0.05) is 38.1 Å². The Hall–Kier alpha value is -1.41. The van der Waals surface area contributed by atoms with Crippen LogP contribution < -0.4 is 10.2 Å². The maximum atomic E-state index is 12.6. The number of rotatable bonds is 4. The summed E-state index contributed by atoms with van der Waals surface area (Å²) in [6, 6.07) is 0.0892. The van der Waals surface area contributed by atoms with Crippen molar-refractivity contribution in [3.05, 3.63) is 18.0 Å². The number of hydrogen-bond acceptors (Lipinski definition) is 5. The summed E-state index contributed by atoms with van der Waals surface area (Å²) < 4.78 is 43.1. The molecule has 5 nitrogen and oxygen atoms in total. The molecule has 0 bridgehead atoms. The van der Waals surface area contributed by atoms with Crippen LogP contribution in [0.25, 0.3) is 0 Å². The van der Waals surface area contributed by atoms with Gasteiger partial charge < -0.3 is 15.0 Å². The topological polar surface area (TPSA) is 50.3 Å². The predicted molar refractivity (Wildman–Crippen MR) is 72.1 cm³/mol. The molecule has 118 valence electrons. The second kappa shape index (κ2) is 6.57. The molecule has 0 aromatic carbocycles. The van der Waals surface area contributed by atoms with Gasteiger partial charge in [-0.1, -0.05) is 0 Å². The summed E-state index contributed by atoms with van der Waals surface area (Å²) in [4.78, 5) is 9.70. The molecule has 1 N–H and O–H groups in total. The molecule has 1 aliphatic rings. The minimum Gasteiger partial charge on any atom is -0.380 e. The lowest BCUT2D eigenvalue weighted by atomic mass is 10.1. The lowest BCUT2D eigenvalue weighted by Gasteiger charge is -2.40. The summed E-state index contributed by atoms with van der Waals surface area (Å²) in [5.74, 6) is 0.307. The highest BCUT2D eigenvalue weighted by molar-refractivity contribution is 5.35. The van der Waals surface area contributed by atoms with Crippen LogP contribution in [0.15, 0.2) is 12.4 Å². The third kappa shape index (κ3) is 3.82. The van der Waals surface area contributed by atoms with Gasteiger partial charge in [-0.2, -0.15) is 13.2 Å². The van der Waals surface area contributed by atoms with Gasteiger partial charge in [0.1, 0.15) is 0 Å².